The predicted octanol–water partition coefficient (Wildman–Crippen LogP) is 5.10. The van der Waals surface area contributed by atoms with Crippen LogP contribution in [0.4, 0.5) is 23.7 Å². The van der Waals surface area contributed by atoms with E-state index in [0.717, 1.165) is 0 Å². The van der Waals surface area contributed by atoms with Gasteiger partial charge >= 0.3 is 12.2 Å². The van der Waals surface area contributed by atoms with Crippen LogP contribution in [0.3, 0.4) is 0 Å². The van der Waals surface area contributed by atoms with Crippen molar-refractivity contribution in [3.05, 3.63) is 51.5 Å². The van der Waals surface area contributed by atoms with E-state index in [9.17, 15) is 18.0 Å². The van der Waals surface area contributed by atoms with E-state index < -0.39 is 12.0 Å². The van der Waals surface area contributed by atoms with Crippen molar-refractivity contribution in [2.24, 2.45) is 0 Å². The number of urea groups is 1. The molecule has 2 atom stereocenters. The van der Waals surface area contributed by atoms with Gasteiger partial charge in [0.25, 0.3) is 0 Å². The molecule has 2 aromatic rings. The van der Waals surface area contributed by atoms with Gasteiger partial charge in [-0.2, -0.15) is 13.2 Å². The van der Waals surface area contributed by atoms with E-state index in [0.29, 0.717) is 39.8 Å². The van der Waals surface area contributed by atoms with Crippen LogP contribution in [0.1, 0.15) is 36.0 Å². The van der Waals surface area contributed by atoms with Crippen LogP contribution in [-0.4, -0.2) is 26.9 Å². The number of carbonyl (C=O) groups is 1. The van der Waals surface area contributed by atoms with Crippen molar-refractivity contribution >= 4 is 34.9 Å². The number of carbonyl (C=O) groups excluding carboxylic acids is 1. The summed E-state index contributed by atoms with van der Waals surface area (Å²) in [4.78, 5) is 21.6. The van der Waals surface area contributed by atoms with Crippen LogP contribution in [-0.2, 0) is 12.6 Å². The minimum atomic E-state index is -4.59. The molecule has 4 rings (SSSR count). The summed E-state index contributed by atoms with van der Waals surface area (Å²) in [6.45, 7) is 0. The lowest BCUT2D eigenvalue weighted by Gasteiger charge is -2.35. The molecule has 27 heavy (non-hydrogen) atoms. The first kappa shape index (κ1) is 18.3. The third-order valence-electron chi connectivity index (χ3n) is 4.85. The maximum absolute atomic E-state index is 12.9. The summed E-state index contributed by atoms with van der Waals surface area (Å²) >= 11 is 11.8. The molecule has 5 nitrogen and oxygen atoms in total. The molecule has 1 aromatic carbocycles. The van der Waals surface area contributed by atoms with Gasteiger partial charge < -0.3 is 10.2 Å². The number of nitrogens with one attached hydrogen (secondary N) is 1. The monoisotopic (exact) mass is 416 g/mol. The van der Waals surface area contributed by atoms with E-state index in [1.54, 1.807) is 23.1 Å². The molecular formula is C17H13Cl2F3N4O. The highest BCUT2D eigenvalue weighted by Gasteiger charge is 2.45. The molecule has 142 valence electrons. The van der Waals surface area contributed by atoms with E-state index in [2.05, 4.69) is 15.3 Å². The first-order valence-electron chi connectivity index (χ1n) is 8.21. The van der Waals surface area contributed by atoms with Crippen molar-refractivity contribution in [2.75, 3.05) is 5.32 Å². The third kappa shape index (κ3) is 3.32. The van der Waals surface area contributed by atoms with Gasteiger partial charge in [0.1, 0.15) is 0 Å². The fourth-order valence-corrected chi connectivity index (χ4v) is 3.98. The number of halogens is 5. The van der Waals surface area contributed by atoms with Crippen LogP contribution in [0.2, 0.25) is 10.0 Å². The molecule has 2 amide bonds. The lowest BCUT2D eigenvalue weighted by molar-refractivity contribution is -0.145. The molecule has 1 saturated heterocycles. The Morgan fingerprint density at radius 2 is 2.00 bits per heavy atom. The maximum Gasteiger partial charge on any atom is 0.451 e. The van der Waals surface area contributed by atoms with E-state index in [1.165, 1.54) is 6.20 Å². The van der Waals surface area contributed by atoms with Crippen molar-refractivity contribution in [1.82, 2.24) is 14.9 Å². The van der Waals surface area contributed by atoms with Crippen LogP contribution in [0.15, 0.2) is 24.4 Å². The second kappa shape index (κ2) is 6.53. The Hall–Kier alpha value is -2.06. The van der Waals surface area contributed by atoms with Crippen LogP contribution in [0.25, 0.3) is 0 Å². The molecule has 1 fully saturated rings. The number of nitrogens with zero attached hydrogens (tertiary/aromatic N) is 3. The van der Waals surface area contributed by atoms with Gasteiger partial charge in [0.15, 0.2) is 0 Å². The fourth-order valence-electron chi connectivity index (χ4n) is 3.69. The summed E-state index contributed by atoms with van der Waals surface area (Å²) in [6.07, 6.45) is -1.78. The number of benzene rings is 1. The van der Waals surface area contributed by atoms with Crippen molar-refractivity contribution in [2.45, 2.75) is 37.5 Å². The first-order chi connectivity index (χ1) is 12.7. The summed E-state index contributed by atoms with van der Waals surface area (Å²) in [7, 11) is 0. The number of rotatable bonds is 1. The van der Waals surface area contributed by atoms with Gasteiger partial charge in [-0.3, -0.25) is 0 Å². The molecule has 2 unspecified atom stereocenters. The molecule has 10 heteroatoms. The zero-order chi connectivity index (χ0) is 19.3. The molecular weight excluding hydrogens is 404 g/mol. The molecule has 2 aliphatic rings. The smallest absolute Gasteiger partial charge is 0.314 e. The lowest BCUT2D eigenvalue weighted by Crippen LogP contribution is -2.44. The molecule has 0 radical (unpaired) electrons. The average Bonchev–Trinajstić information content (AvgIpc) is 2.92. The molecule has 1 N–H and O–H groups in total. The van der Waals surface area contributed by atoms with Crippen molar-refractivity contribution in [1.29, 1.82) is 0 Å². The average molecular weight is 417 g/mol. The summed E-state index contributed by atoms with van der Waals surface area (Å²) in [5, 5.41) is 3.46. The Balaban J connectivity index is 1.59. The lowest BCUT2D eigenvalue weighted by atomic mass is 9.99. The Morgan fingerprint density at radius 3 is 2.70 bits per heavy atom. The quantitative estimate of drug-likeness (QED) is 0.703. The van der Waals surface area contributed by atoms with Gasteiger partial charge in [-0.15, -0.1) is 0 Å². The van der Waals surface area contributed by atoms with Gasteiger partial charge in [0.2, 0.25) is 5.82 Å². The highest BCUT2D eigenvalue weighted by molar-refractivity contribution is 6.42. The maximum atomic E-state index is 12.9. The molecule has 1 aromatic heterocycles. The number of aromatic nitrogens is 2. The highest BCUT2D eigenvalue weighted by Crippen LogP contribution is 2.43. The number of alkyl halides is 3. The highest BCUT2D eigenvalue weighted by atomic mass is 35.5. The molecule has 3 heterocycles. The topological polar surface area (TPSA) is 58.1 Å². The van der Waals surface area contributed by atoms with Crippen molar-refractivity contribution < 1.29 is 18.0 Å². The van der Waals surface area contributed by atoms with E-state index in [4.69, 9.17) is 23.2 Å². The number of hydrogen-bond donors (Lipinski definition) is 1. The molecule has 0 saturated carbocycles. The predicted molar refractivity (Wildman–Crippen MR) is 93.8 cm³/mol. The van der Waals surface area contributed by atoms with Crippen LogP contribution in [0.5, 0.6) is 0 Å². The van der Waals surface area contributed by atoms with Crippen molar-refractivity contribution in [3.63, 3.8) is 0 Å². The Kier molecular flexibility index (Phi) is 4.43. The van der Waals surface area contributed by atoms with E-state index >= 15 is 0 Å². The van der Waals surface area contributed by atoms with Crippen LogP contribution in [0, 0.1) is 0 Å². The number of anilines is 1. The minimum Gasteiger partial charge on any atom is -0.314 e. The Bertz CT molecular complexity index is 922. The van der Waals surface area contributed by atoms with Gasteiger partial charge in [-0.05, 0) is 31.0 Å². The second-order valence-corrected chi connectivity index (χ2v) is 7.33. The standard InChI is InChI=1S/C17H13Cl2F3N4O/c18-11-3-1-8(5-12(11)19)24-16(27)26-9-2-4-14(26)10-7-23-15(17(20,21)22)25-13(10)6-9/h1,3,5,7,9,14H,2,4,6H2,(H,24,27). The van der Waals surface area contributed by atoms with Crippen LogP contribution < -0.4 is 5.32 Å². The summed E-state index contributed by atoms with van der Waals surface area (Å²) < 4.78 is 38.6. The summed E-state index contributed by atoms with van der Waals surface area (Å²) in [5.74, 6) is -1.14. The SMILES string of the molecule is O=C(Nc1ccc(Cl)c(Cl)c1)N1C2CCC1c1cnc(C(F)(F)F)nc1C2. The van der Waals surface area contributed by atoms with E-state index in [1.807, 2.05) is 0 Å². The third-order valence-corrected chi connectivity index (χ3v) is 5.59. The van der Waals surface area contributed by atoms with Gasteiger partial charge in [0, 0.05) is 29.9 Å². The largest absolute Gasteiger partial charge is 0.451 e. The summed E-state index contributed by atoms with van der Waals surface area (Å²) in [5.41, 5.74) is 1.42. The number of hydrogen-bond acceptors (Lipinski definition) is 3. The molecule has 2 aliphatic heterocycles. The first-order valence-corrected chi connectivity index (χ1v) is 8.97. The number of amides is 2. The van der Waals surface area contributed by atoms with Crippen molar-refractivity contribution in [3.8, 4) is 0 Å². The fraction of sp³-hybridized carbons (Fsp3) is 0.353. The van der Waals surface area contributed by atoms with Gasteiger partial charge in [0.05, 0.1) is 21.8 Å². The molecule has 0 aliphatic carbocycles. The van der Waals surface area contributed by atoms with Crippen LogP contribution >= 0.6 is 23.2 Å². The zero-order valence-corrected chi connectivity index (χ0v) is 15.2. The number of fused-ring (bicyclic) bond motifs is 4. The second-order valence-electron chi connectivity index (χ2n) is 6.51. The molecule has 2 bridgehead atoms. The van der Waals surface area contributed by atoms with Gasteiger partial charge in [-0.1, -0.05) is 23.2 Å². The molecule has 0 spiro atoms. The Morgan fingerprint density at radius 1 is 1.22 bits per heavy atom. The van der Waals surface area contributed by atoms with E-state index in [-0.39, 0.29) is 24.5 Å². The zero-order valence-electron chi connectivity index (χ0n) is 13.7. The summed E-state index contributed by atoms with van der Waals surface area (Å²) in [6, 6.07) is 3.85. The van der Waals surface area contributed by atoms with Gasteiger partial charge in [-0.25, -0.2) is 14.8 Å². The normalized spacial score (nSPS) is 21.1. The minimum absolute atomic E-state index is 0.207. The Labute approximate surface area is 162 Å².